The van der Waals surface area contributed by atoms with E-state index in [2.05, 4.69) is 0 Å². The molecule has 0 saturated carbocycles. The monoisotopic (exact) mass is 128 g/mol. The van der Waals surface area contributed by atoms with Crippen LogP contribution < -0.4 is 0 Å². The van der Waals surface area contributed by atoms with Crippen molar-refractivity contribution in [2.75, 3.05) is 0 Å². The molecule has 44 valence electrons. The molecule has 8 heavy (non-hydrogen) atoms. The molecule has 1 rings (SSSR count). The van der Waals surface area contributed by atoms with E-state index in [9.17, 15) is 0 Å². The van der Waals surface area contributed by atoms with Crippen LogP contribution in [0.5, 0.6) is 0 Å². The Morgan fingerprint density at radius 1 is 1.62 bits per heavy atom. The summed E-state index contributed by atoms with van der Waals surface area (Å²) in [7, 11) is 0. The second kappa shape index (κ2) is 3.74. The first-order valence-electron chi connectivity index (χ1n) is 2.06. The zero-order chi connectivity index (χ0) is 5.11. The highest BCUT2D eigenvalue weighted by Gasteiger charge is 1.85. The van der Waals surface area contributed by atoms with E-state index in [1.807, 2.05) is 0 Å². The average Bonchev–Trinajstić information content (AvgIpc) is 2.14. The van der Waals surface area contributed by atoms with Gasteiger partial charge in [0.05, 0.1) is 6.26 Å². The van der Waals surface area contributed by atoms with Crippen molar-refractivity contribution in [3.8, 4) is 0 Å². The van der Waals surface area contributed by atoms with Crippen LogP contribution in [0.1, 0.15) is 5.76 Å². The average molecular weight is 128 g/mol. The first-order valence-corrected chi connectivity index (χ1v) is 2.06. The van der Waals surface area contributed by atoms with Crippen molar-refractivity contribution in [2.45, 2.75) is 6.61 Å². The van der Waals surface area contributed by atoms with E-state index in [1.54, 1.807) is 12.1 Å². The molecule has 0 radical (unpaired) electrons. The summed E-state index contributed by atoms with van der Waals surface area (Å²) in [6.07, 6.45) is 1.53. The van der Waals surface area contributed by atoms with Crippen LogP contribution in [0.15, 0.2) is 22.8 Å². The van der Waals surface area contributed by atoms with Gasteiger partial charge in [0.2, 0.25) is 0 Å². The van der Waals surface area contributed by atoms with Crippen molar-refractivity contribution in [1.82, 2.24) is 0 Å². The number of aliphatic hydroxyl groups excluding tert-OH is 1. The molecule has 0 bridgehead atoms. The summed E-state index contributed by atoms with van der Waals surface area (Å²) in [6, 6.07) is 3.46. The summed E-state index contributed by atoms with van der Waals surface area (Å²) in [4.78, 5) is 0. The summed E-state index contributed by atoms with van der Waals surface area (Å²) in [5.74, 6) is 0.611. The smallest absolute Gasteiger partial charge is 0.187 e. The molecule has 1 heterocycles. The fraction of sp³-hybridized carbons (Fsp3) is 0.200. The first-order chi connectivity index (χ1) is 3.43. The van der Waals surface area contributed by atoms with Gasteiger partial charge >= 0.3 is 0 Å². The maximum atomic E-state index is 8.33. The molecule has 0 atom stereocenters. The van der Waals surface area contributed by atoms with Gasteiger partial charge in [-0.2, -0.15) is 0 Å². The Kier molecular flexibility index (Phi) is 3.63. The predicted molar refractivity (Wildman–Crippen MR) is 34.6 cm³/mol. The quantitative estimate of drug-likeness (QED) is 0.521. The van der Waals surface area contributed by atoms with Crippen LogP contribution in [0, 0.1) is 0 Å². The Morgan fingerprint density at radius 2 is 2.38 bits per heavy atom. The van der Waals surface area contributed by atoms with Gasteiger partial charge in [-0.25, -0.2) is 0 Å². The van der Waals surface area contributed by atoms with Gasteiger partial charge in [0.15, 0.2) is 17.4 Å². The number of hydrogen-bond acceptors (Lipinski definition) is 2. The van der Waals surface area contributed by atoms with Crippen LogP contribution in [-0.2, 0) is 6.61 Å². The third-order valence-electron chi connectivity index (χ3n) is 0.736. The predicted octanol–water partition coefficient (Wildman–Crippen LogP) is -0.412. The zero-order valence-corrected chi connectivity index (χ0v) is 3.79. The third-order valence-corrected chi connectivity index (χ3v) is 0.736. The normalized spacial score (nSPS) is 8.12. The summed E-state index contributed by atoms with van der Waals surface area (Å²) in [6.45, 7) is -0.00694. The van der Waals surface area contributed by atoms with Gasteiger partial charge in [-0.05, 0) is 12.1 Å². The fourth-order valence-corrected chi connectivity index (χ4v) is 0.403. The van der Waals surface area contributed by atoms with Crippen LogP contribution in [0.25, 0.3) is 0 Å². The summed E-state index contributed by atoms with van der Waals surface area (Å²) >= 11 is 0. The number of rotatable bonds is 1. The van der Waals surface area contributed by atoms with Gasteiger partial charge in [-0.3, -0.25) is 0 Å². The van der Waals surface area contributed by atoms with E-state index in [1.165, 1.54) is 6.26 Å². The van der Waals surface area contributed by atoms with Gasteiger partial charge in [-0.15, -0.1) is 0 Å². The maximum absolute atomic E-state index is 8.33. The van der Waals surface area contributed by atoms with Gasteiger partial charge in [0.25, 0.3) is 0 Å². The van der Waals surface area contributed by atoms with Crippen molar-refractivity contribution in [3.63, 3.8) is 0 Å². The van der Waals surface area contributed by atoms with Gasteiger partial charge in [-0.1, -0.05) is 0 Å². The van der Waals surface area contributed by atoms with Crippen molar-refractivity contribution in [3.05, 3.63) is 24.2 Å². The zero-order valence-electron chi connectivity index (χ0n) is 3.79. The molecule has 3 heteroatoms. The molecule has 2 nitrogen and oxygen atoms in total. The minimum atomic E-state index is -0.00694. The molecule has 0 unspecified atom stereocenters. The molecule has 0 aliphatic carbocycles. The van der Waals surface area contributed by atoms with Gasteiger partial charge in [0, 0.05) is 0 Å². The third kappa shape index (κ3) is 1.71. The molecule has 0 aromatic carbocycles. The minimum absolute atomic E-state index is 0. The number of aliphatic hydroxyl groups is 1. The number of hydrogen-bond donors (Lipinski definition) is 1. The Hall–Kier alpha value is -0.228. The lowest BCUT2D eigenvalue weighted by Crippen LogP contribution is -1.72. The second-order valence-electron chi connectivity index (χ2n) is 1.24. The van der Waals surface area contributed by atoms with Crippen molar-refractivity contribution < 1.29 is 9.52 Å². The second-order valence-corrected chi connectivity index (χ2v) is 1.24. The fourth-order valence-electron chi connectivity index (χ4n) is 0.403. The molecule has 1 N–H and O–H groups in total. The van der Waals surface area contributed by atoms with E-state index < -0.39 is 0 Å². The van der Waals surface area contributed by atoms with E-state index in [0.29, 0.717) is 5.76 Å². The van der Waals surface area contributed by atoms with Crippen LogP contribution in [0.2, 0.25) is 0 Å². The van der Waals surface area contributed by atoms with Crippen molar-refractivity contribution in [1.29, 1.82) is 0 Å². The Bertz CT molecular complexity index is 125. The molecule has 0 fully saturated rings. The van der Waals surface area contributed by atoms with Crippen molar-refractivity contribution in [2.24, 2.45) is 0 Å². The highest BCUT2D eigenvalue weighted by atomic mass is 27.0. The summed E-state index contributed by atoms with van der Waals surface area (Å²) in [5, 5.41) is 8.33. The van der Waals surface area contributed by atoms with Gasteiger partial charge in [0.1, 0.15) is 12.4 Å². The highest BCUT2D eigenvalue weighted by Crippen LogP contribution is 1.96. The summed E-state index contributed by atoms with van der Waals surface area (Å²) in [5.41, 5.74) is 0. The van der Waals surface area contributed by atoms with E-state index in [0.717, 1.165) is 0 Å². The summed E-state index contributed by atoms with van der Waals surface area (Å²) < 4.78 is 4.73. The minimum Gasteiger partial charge on any atom is -0.467 e. The molecule has 0 saturated heterocycles. The van der Waals surface area contributed by atoms with Crippen LogP contribution in [0.3, 0.4) is 0 Å². The lowest BCUT2D eigenvalue weighted by Gasteiger charge is -1.79. The maximum Gasteiger partial charge on any atom is 0.187 e. The van der Waals surface area contributed by atoms with Crippen molar-refractivity contribution >= 4 is 17.4 Å². The first kappa shape index (κ1) is 7.77. The molecular formula is C5H9AlO2. The van der Waals surface area contributed by atoms with E-state index in [4.69, 9.17) is 9.52 Å². The van der Waals surface area contributed by atoms with Crippen LogP contribution in [-0.4, -0.2) is 22.5 Å². The highest BCUT2D eigenvalue weighted by molar-refractivity contribution is 5.75. The van der Waals surface area contributed by atoms with E-state index in [-0.39, 0.29) is 24.0 Å². The molecule has 0 aliphatic rings. The Morgan fingerprint density at radius 3 is 2.62 bits per heavy atom. The van der Waals surface area contributed by atoms with Gasteiger partial charge < -0.3 is 9.52 Å². The standard InChI is InChI=1S/C5H6O2.Al.3H/c6-4-5-2-1-3-7-5;;;;/h1-3,6H,4H2;;;;. The number of furan rings is 1. The Balaban J connectivity index is 0.000000490. The topological polar surface area (TPSA) is 33.4 Å². The largest absolute Gasteiger partial charge is 0.467 e. The Labute approximate surface area is 58.3 Å². The molecule has 1 aromatic heterocycles. The lowest BCUT2D eigenvalue weighted by molar-refractivity contribution is 0.247. The molecule has 0 amide bonds. The molecule has 0 spiro atoms. The molecular weight excluding hydrogens is 119 g/mol. The van der Waals surface area contributed by atoms with Crippen LogP contribution in [0.4, 0.5) is 0 Å². The van der Waals surface area contributed by atoms with Crippen LogP contribution >= 0.6 is 0 Å². The SMILES string of the molecule is OCc1ccco1.[AlH3]. The van der Waals surface area contributed by atoms with E-state index >= 15 is 0 Å². The molecule has 1 aromatic rings. The lowest BCUT2D eigenvalue weighted by atomic mass is 10.5. The molecule has 0 aliphatic heterocycles.